The second kappa shape index (κ2) is 10.4. The summed E-state index contributed by atoms with van der Waals surface area (Å²) in [6.07, 6.45) is 2.52. The molecule has 0 unspecified atom stereocenters. The van der Waals surface area contributed by atoms with Gasteiger partial charge in [-0.25, -0.2) is 0 Å². The van der Waals surface area contributed by atoms with Gasteiger partial charge in [0.2, 0.25) is 16.9 Å². The van der Waals surface area contributed by atoms with Crippen molar-refractivity contribution in [3.05, 3.63) is 65.2 Å². The molecule has 0 saturated carbocycles. The normalized spacial score (nSPS) is 14.0. The molecule has 0 spiro atoms. The first kappa shape index (κ1) is 22.1. The maximum atomic E-state index is 12.6. The van der Waals surface area contributed by atoms with Crippen molar-refractivity contribution in [1.29, 1.82) is 0 Å². The SMILES string of the molecule is Cc1ccc(C[C@H](C)C(=O)NCC(=O)SCC(=O)N2CCCc3ccccc32)cc1. The molecule has 0 bridgehead atoms. The molecule has 3 rings (SSSR count). The van der Waals surface area contributed by atoms with Crippen molar-refractivity contribution in [3.8, 4) is 0 Å². The second-order valence-corrected chi connectivity index (χ2v) is 8.78. The van der Waals surface area contributed by atoms with E-state index in [9.17, 15) is 14.4 Å². The highest BCUT2D eigenvalue weighted by Gasteiger charge is 2.23. The lowest BCUT2D eigenvalue weighted by Gasteiger charge is -2.29. The molecular formula is C24H28N2O3S. The van der Waals surface area contributed by atoms with Crippen molar-refractivity contribution in [3.63, 3.8) is 0 Å². The van der Waals surface area contributed by atoms with Gasteiger partial charge in [-0.3, -0.25) is 14.4 Å². The molecule has 158 valence electrons. The van der Waals surface area contributed by atoms with E-state index in [0.717, 1.165) is 35.9 Å². The standard InChI is InChI=1S/C24H28N2O3S/c1-17-9-11-19(12-10-17)14-18(2)24(29)25-15-23(28)30-16-22(27)26-13-5-7-20-6-3-4-8-21(20)26/h3-4,6,8-12,18H,5,7,13-16H2,1-2H3,(H,25,29)/t18-/m0/s1. The highest BCUT2D eigenvalue weighted by molar-refractivity contribution is 8.14. The molecule has 1 N–H and O–H groups in total. The maximum Gasteiger partial charge on any atom is 0.237 e. The minimum atomic E-state index is -0.225. The largest absolute Gasteiger partial charge is 0.348 e. The Morgan fingerprint density at radius 3 is 2.60 bits per heavy atom. The molecule has 2 amide bonds. The van der Waals surface area contributed by atoms with Crippen LogP contribution < -0.4 is 10.2 Å². The zero-order valence-electron chi connectivity index (χ0n) is 17.5. The predicted octanol–water partition coefficient (Wildman–Crippen LogP) is 3.53. The van der Waals surface area contributed by atoms with E-state index in [1.54, 1.807) is 4.90 Å². The van der Waals surface area contributed by atoms with Crippen molar-refractivity contribution >= 4 is 34.4 Å². The van der Waals surface area contributed by atoms with E-state index in [2.05, 4.69) is 5.32 Å². The van der Waals surface area contributed by atoms with Gasteiger partial charge in [0.15, 0.2) is 0 Å². The highest BCUT2D eigenvalue weighted by Crippen LogP contribution is 2.27. The molecule has 6 heteroatoms. The molecule has 2 aromatic rings. The van der Waals surface area contributed by atoms with Gasteiger partial charge in [0.05, 0.1) is 12.3 Å². The zero-order valence-corrected chi connectivity index (χ0v) is 18.3. The van der Waals surface area contributed by atoms with Crippen LogP contribution in [0.15, 0.2) is 48.5 Å². The van der Waals surface area contributed by atoms with Gasteiger partial charge in [0, 0.05) is 18.2 Å². The third-order valence-corrected chi connectivity index (χ3v) is 6.14. The first-order valence-corrected chi connectivity index (χ1v) is 11.3. The average Bonchev–Trinajstić information content (AvgIpc) is 2.76. The molecule has 0 aliphatic carbocycles. The number of rotatable bonds is 7. The van der Waals surface area contributed by atoms with Gasteiger partial charge in [-0.15, -0.1) is 0 Å². The van der Waals surface area contributed by atoms with Crippen molar-refractivity contribution < 1.29 is 14.4 Å². The zero-order chi connectivity index (χ0) is 21.5. The number of anilines is 1. The Labute approximate surface area is 182 Å². The van der Waals surface area contributed by atoms with Crippen LogP contribution in [0.3, 0.4) is 0 Å². The summed E-state index contributed by atoms with van der Waals surface area (Å²) in [6.45, 7) is 4.49. The lowest BCUT2D eigenvalue weighted by atomic mass is 9.99. The first-order chi connectivity index (χ1) is 14.4. The molecule has 1 aliphatic rings. The van der Waals surface area contributed by atoms with Crippen LogP contribution in [-0.4, -0.2) is 35.8 Å². The number of benzene rings is 2. The van der Waals surface area contributed by atoms with E-state index in [0.29, 0.717) is 13.0 Å². The molecule has 30 heavy (non-hydrogen) atoms. The van der Waals surface area contributed by atoms with Crippen LogP contribution in [-0.2, 0) is 27.2 Å². The summed E-state index contributed by atoms with van der Waals surface area (Å²) in [5, 5.41) is 2.49. The Balaban J connectivity index is 1.42. The fourth-order valence-electron chi connectivity index (χ4n) is 3.57. The number of nitrogens with one attached hydrogen (secondary N) is 1. The maximum absolute atomic E-state index is 12.6. The fourth-order valence-corrected chi connectivity index (χ4v) is 4.18. The topological polar surface area (TPSA) is 66.5 Å². The van der Waals surface area contributed by atoms with Crippen molar-refractivity contribution in [2.75, 3.05) is 23.7 Å². The number of thioether (sulfide) groups is 1. The van der Waals surface area contributed by atoms with Gasteiger partial charge in [-0.2, -0.15) is 0 Å². The Hall–Kier alpha value is -2.60. The summed E-state index contributed by atoms with van der Waals surface area (Å²) >= 11 is 0.967. The number of aryl methyl sites for hydroxylation is 2. The molecule has 0 aromatic heterocycles. The Bertz CT molecular complexity index is 911. The Morgan fingerprint density at radius 1 is 1.10 bits per heavy atom. The van der Waals surface area contributed by atoms with Gasteiger partial charge in [0.1, 0.15) is 0 Å². The smallest absolute Gasteiger partial charge is 0.237 e. The number of carbonyl (C=O) groups is 3. The summed E-state index contributed by atoms with van der Waals surface area (Å²) in [7, 11) is 0. The summed E-state index contributed by atoms with van der Waals surface area (Å²) in [4.78, 5) is 38.8. The molecule has 0 fully saturated rings. The third-order valence-electron chi connectivity index (χ3n) is 5.28. The first-order valence-electron chi connectivity index (χ1n) is 10.3. The summed E-state index contributed by atoms with van der Waals surface area (Å²) in [6, 6.07) is 16.0. The molecular weight excluding hydrogens is 396 g/mol. The van der Waals surface area contributed by atoms with Crippen molar-refractivity contribution in [1.82, 2.24) is 5.32 Å². The number of hydrogen-bond donors (Lipinski definition) is 1. The number of amides is 2. The molecule has 0 saturated heterocycles. The Morgan fingerprint density at radius 2 is 1.83 bits per heavy atom. The van der Waals surface area contributed by atoms with Gasteiger partial charge < -0.3 is 10.2 Å². The minimum absolute atomic E-state index is 0.0639. The van der Waals surface area contributed by atoms with Crippen molar-refractivity contribution in [2.24, 2.45) is 5.92 Å². The molecule has 0 radical (unpaired) electrons. The average molecular weight is 425 g/mol. The van der Waals surface area contributed by atoms with E-state index in [1.807, 2.05) is 62.4 Å². The van der Waals surface area contributed by atoms with E-state index in [1.165, 1.54) is 11.1 Å². The summed E-state index contributed by atoms with van der Waals surface area (Å²) in [5.41, 5.74) is 4.39. The lowest BCUT2D eigenvalue weighted by Crippen LogP contribution is -2.37. The number of nitrogens with zero attached hydrogens (tertiary/aromatic N) is 1. The van der Waals surface area contributed by atoms with E-state index < -0.39 is 0 Å². The van der Waals surface area contributed by atoms with Crippen molar-refractivity contribution in [2.45, 2.75) is 33.1 Å². The van der Waals surface area contributed by atoms with E-state index in [4.69, 9.17) is 0 Å². The molecule has 1 atom stereocenters. The number of carbonyl (C=O) groups excluding carboxylic acids is 3. The van der Waals surface area contributed by atoms with Gasteiger partial charge >= 0.3 is 0 Å². The minimum Gasteiger partial charge on any atom is -0.348 e. The van der Waals surface area contributed by atoms with Gasteiger partial charge in [0.25, 0.3) is 0 Å². The van der Waals surface area contributed by atoms with Crippen LogP contribution in [0.1, 0.15) is 30.0 Å². The van der Waals surface area contributed by atoms with Crippen LogP contribution >= 0.6 is 11.8 Å². The van der Waals surface area contributed by atoms with E-state index >= 15 is 0 Å². The van der Waals surface area contributed by atoms with Crippen LogP contribution in [0.25, 0.3) is 0 Å². The summed E-state index contributed by atoms with van der Waals surface area (Å²) < 4.78 is 0. The highest BCUT2D eigenvalue weighted by atomic mass is 32.2. The van der Waals surface area contributed by atoms with Crippen LogP contribution in [0.4, 0.5) is 5.69 Å². The third kappa shape index (κ3) is 5.95. The number of fused-ring (bicyclic) bond motifs is 1. The van der Waals surface area contributed by atoms with Crippen LogP contribution in [0.5, 0.6) is 0 Å². The molecule has 5 nitrogen and oxygen atoms in total. The molecule has 1 aliphatic heterocycles. The summed E-state index contributed by atoms with van der Waals surface area (Å²) in [5.74, 6) is -0.362. The second-order valence-electron chi connectivity index (χ2n) is 7.75. The van der Waals surface area contributed by atoms with Crippen LogP contribution in [0.2, 0.25) is 0 Å². The Kier molecular flexibility index (Phi) is 7.69. The van der Waals surface area contributed by atoms with E-state index in [-0.39, 0.29) is 35.1 Å². The van der Waals surface area contributed by atoms with Gasteiger partial charge in [-0.1, -0.05) is 66.7 Å². The van der Waals surface area contributed by atoms with Crippen LogP contribution in [0, 0.1) is 12.8 Å². The lowest BCUT2D eigenvalue weighted by molar-refractivity contribution is -0.125. The fraction of sp³-hybridized carbons (Fsp3) is 0.375. The molecule has 2 aromatic carbocycles. The van der Waals surface area contributed by atoms with Gasteiger partial charge in [-0.05, 0) is 43.4 Å². The number of para-hydroxylation sites is 1. The quantitative estimate of drug-likeness (QED) is 0.738. The molecule has 1 heterocycles. The monoisotopic (exact) mass is 424 g/mol. The number of hydrogen-bond acceptors (Lipinski definition) is 4. The predicted molar refractivity (Wildman–Crippen MR) is 122 cm³/mol.